The van der Waals surface area contributed by atoms with Crippen LogP contribution >= 0.6 is 11.3 Å². The third-order valence-corrected chi connectivity index (χ3v) is 5.65. The maximum Gasteiger partial charge on any atom is 0.222 e. The van der Waals surface area contributed by atoms with Crippen LogP contribution in [0.25, 0.3) is 0 Å². The lowest BCUT2D eigenvalue weighted by Gasteiger charge is -2.32. The average Bonchev–Trinajstić information content (AvgIpc) is 2.83. The Labute approximate surface area is 140 Å². The first-order valence-electron chi connectivity index (χ1n) is 8.02. The van der Waals surface area contributed by atoms with Crippen LogP contribution in [-0.4, -0.2) is 21.0 Å². The van der Waals surface area contributed by atoms with Crippen molar-refractivity contribution in [2.45, 2.75) is 58.0 Å². The molecule has 23 heavy (non-hydrogen) atoms. The number of nitrogens with two attached hydrogens (primary N) is 2. The third-order valence-electron chi connectivity index (χ3n) is 4.19. The first-order valence-corrected chi connectivity index (χ1v) is 8.84. The van der Waals surface area contributed by atoms with E-state index in [4.69, 9.17) is 11.5 Å². The summed E-state index contributed by atoms with van der Waals surface area (Å²) in [5.41, 5.74) is 13.8. The van der Waals surface area contributed by atoms with Gasteiger partial charge in [-0.25, -0.2) is 9.97 Å². The van der Waals surface area contributed by atoms with Crippen molar-refractivity contribution in [1.82, 2.24) is 15.0 Å². The molecular formula is C16H24N6S. The van der Waals surface area contributed by atoms with Gasteiger partial charge < -0.3 is 16.8 Å². The van der Waals surface area contributed by atoms with E-state index in [0.717, 1.165) is 30.0 Å². The summed E-state index contributed by atoms with van der Waals surface area (Å²) in [6.07, 6.45) is 1.95. The van der Waals surface area contributed by atoms with Crippen LogP contribution in [0.1, 0.15) is 59.8 Å². The molecule has 1 aliphatic rings. The van der Waals surface area contributed by atoms with Gasteiger partial charge in [-0.3, -0.25) is 0 Å². The van der Waals surface area contributed by atoms with Crippen LogP contribution in [0.2, 0.25) is 0 Å². The number of anilines is 2. The fourth-order valence-corrected chi connectivity index (χ4v) is 3.73. The minimum Gasteiger partial charge on any atom is -0.368 e. The molecule has 6 nitrogen and oxygen atoms in total. The van der Waals surface area contributed by atoms with E-state index in [0.29, 0.717) is 30.4 Å². The van der Waals surface area contributed by atoms with Crippen molar-refractivity contribution in [2.75, 3.05) is 11.1 Å². The normalized spacial score (nSPS) is 20.6. The van der Waals surface area contributed by atoms with Crippen molar-refractivity contribution in [3.63, 3.8) is 0 Å². The summed E-state index contributed by atoms with van der Waals surface area (Å²) in [5.74, 6) is 1.95. The molecule has 2 heterocycles. The van der Waals surface area contributed by atoms with Gasteiger partial charge in [-0.15, -0.1) is 11.3 Å². The highest BCUT2D eigenvalue weighted by Gasteiger charge is 2.29. The smallest absolute Gasteiger partial charge is 0.222 e. The van der Waals surface area contributed by atoms with Crippen LogP contribution in [0, 0.1) is 6.92 Å². The molecule has 7 heteroatoms. The molecule has 0 spiro atoms. The zero-order valence-corrected chi connectivity index (χ0v) is 14.7. The molecule has 3 rings (SSSR count). The number of aryl methyl sites for hydroxylation is 1. The standard InChI is InChI=1S/C16H24N6S/c1-8(2)15-20-9(3)13(23-15)7-19-14-6-12(21-16(18)22-14)10-4-11(17)5-10/h6,8,10-11H,4-5,7,17H2,1-3H3,(H3,18,19,21,22). The van der Waals surface area contributed by atoms with E-state index in [1.165, 1.54) is 9.88 Å². The first-order chi connectivity index (χ1) is 10.9. The zero-order chi connectivity index (χ0) is 16.6. The van der Waals surface area contributed by atoms with E-state index in [1.807, 2.05) is 6.07 Å². The molecule has 0 aromatic carbocycles. The van der Waals surface area contributed by atoms with Crippen molar-refractivity contribution in [2.24, 2.45) is 5.73 Å². The van der Waals surface area contributed by atoms with Crippen LogP contribution < -0.4 is 16.8 Å². The number of nitrogens with one attached hydrogen (secondary N) is 1. The second-order valence-corrected chi connectivity index (χ2v) is 7.65. The number of nitrogen functional groups attached to an aromatic ring is 1. The fraction of sp³-hybridized carbons (Fsp3) is 0.562. The lowest BCUT2D eigenvalue weighted by atomic mass is 9.78. The van der Waals surface area contributed by atoms with Gasteiger partial charge in [-0.1, -0.05) is 13.8 Å². The van der Waals surface area contributed by atoms with Crippen LogP contribution in [-0.2, 0) is 6.54 Å². The van der Waals surface area contributed by atoms with Crippen LogP contribution in [0.4, 0.5) is 11.8 Å². The quantitative estimate of drug-likeness (QED) is 0.778. The Morgan fingerprint density at radius 2 is 2.04 bits per heavy atom. The average molecular weight is 332 g/mol. The van der Waals surface area contributed by atoms with Gasteiger partial charge in [0, 0.05) is 28.8 Å². The second-order valence-electron chi connectivity index (χ2n) is 6.53. The number of thiazole rings is 1. The van der Waals surface area contributed by atoms with Gasteiger partial charge in [-0.2, -0.15) is 4.98 Å². The third kappa shape index (κ3) is 3.61. The zero-order valence-electron chi connectivity index (χ0n) is 13.8. The molecule has 0 aliphatic heterocycles. The summed E-state index contributed by atoms with van der Waals surface area (Å²) in [4.78, 5) is 14.5. The Balaban J connectivity index is 1.70. The molecule has 1 aliphatic carbocycles. The SMILES string of the molecule is Cc1nc(C(C)C)sc1CNc1cc(C2CC(N)C2)nc(N)n1. The molecule has 0 unspecified atom stereocenters. The van der Waals surface area contributed by atoms with Crippen molar-refractivity contribution < 1.29 is 0 Å². The highest BCUT2D eigenvalue weighted by atomic mass is 32.1. The molecular weight excluding hydrogens is 308 g/mol. The van der Waals surface area contributed by atoms with E-state index < -0.39 is 0 Å². The van der Waals surface area contributed by atoms with Crippen molar-refractivity contribution in [1.29, 1.82) is 0 Å². The Morgan fingerprint density at radius 1 is 1.30 bits per heavy atom. The van der Waals surface area contributed by atoms with Crippen molar-refractivity contribution in [3.8, 4) is 0 Å². The summed E-state index contributed by atoms with van der Waals surface area (Å²) in [5, 5.41) is 4.53. The Kier molecular flexibility index (Phi) is 4.50. The Morgan fingerprint density at radius 3 is 2.65 bits per heavy atom. The van der Waals surface area contributed by atoms with Crippen molar-refractivity contribution >= 4 is 23.1 Å². The molecule has 0 atom stereocenters. The number of hydrogen-bond donors (Lipinski definition) is 3. The van der Waals surface area contributed by atoms with Gasteiger partial charge in [0.25, 0.3) is 0 Å². The predicted molar refractivity (Wildman–Crippen MR) is 94.7 cm³/mol. The van der Waals surface area contributed by atoms with Crippen LogP contribution in [0.3, 0.4) is 0 Å². The van der Waals surface area contributed by atoms with E-state index >= 15 is 0 Å². The van der Waals surface area contributed by atoms with E-state index in [1.54, 1.807) is 11.3 Å². The summed E-state index contributed by atoms with van der Waals surface area (Å²) in [7, 11) is 0. The first kappa shape index (κ1) is 16.1. The largest absolute Gasteiger partial charge is 0.368 e. The number of nitrogens with zero attached hydrogens (tertiary/aromatic N) is 3. The number of aromatic nitrogens is 3. The maximum atomic E-state index is 5.86. The maximum absolute atomic E-state index is 5.86. The summed E-state index contributed by atoms with van der Waals surface area (Å²) >= 11 is 1.75. The second kappa shape index (κ2) is 6.41. The molecule has 5 N–H and O–H groups in total. The Bertz CT molecular complexity index is 690. The molecule has 2 aromatic heterocycles. The monoisotopic (exact) mass is 332 g/mol. The van der Waals surface area contributed by atoms with Gasteiger partial charge in [0.2, 0.25) is 5.95 Å². The van der Waals surface area contributed by atoms with E-state index in [2.05, 4.69) is 41.0 Å². The van der Waals surface area contributed by atoms with E-state index in [9.17, 15) is 0 Å². The fourth-order valence-electron chi connectivity index (χ4n) is 2.72. The predicted octanol–water partition coefficient (Wildman–Crippen LogP) is 2.76. The van der Waals surface area contributed by atoms with Crippen LogP contribution in [0.5, 0.6) is 0 Å². The molecule has 2 aromatic rings. The lowest BCUT2D eigenvalue weighted by Crippen LogP contribution is -2.35. The summed E-state index contributed by atoms with van der Waals surface area (Å²) in [6.45, 7) is 7.08. The summed E-state index contributed by atoms with van der Waals surface area (Å²) < 4.78 is 0. The van der Waals surface area contributed by atoms with Crippen LogP contribution in [0.15, 0.2) is 6.07 Å². The molecule has 1 saturated carbocycles. The van der Waals surface area contributed by atoms with Gasteiger partial charge in [0.15, 0.2) is 0 Å². The number of rotatable bonds is 5. The summed E-state index contributed by atoms with van der Waals surface area (Å²) in [6, 6.07) is 2.29. The highest BCUT2D eigenvalue weighted by molar-refractivity contribution is 7.11. The van der Waals surface area contributed by atoms with Gasteiger partial charge in [-0.05, 0) is 19.8 Å². The number of hydrogen-bond acceptors (Lipinski definition) is 7. The molecule has 124 valence electrons. The van der Waals surface area contributed by atoms with Crippen molar-refractivity contribution in [3.05, 3.63) is 27.3 Å². The molecule has 0 radical (unpaired) electrons. The molecule has 0 saturated heterocycles. The lowest BCUT2D eigenvalue weighted by molar-refractivity contribution is 0.345. The minimum atomic E-state index is 0.293. The molecule has 0 amide bonds. The molecule has 0 bridgehead atoms. The minimum absolute atomic E-state index is 0.293. The Hall–Kier alpha value is -1.73. The van der Waals surface area contributed by atoms with Gasteiger partial charge >= 0.3 is 0 Å². The molecule has 1 fully saturated rings. The highest BCUT2D eigenvalue weighted by Crippen LogP contribution is 2.35. The van der Waals surface area contributed by atoms with Gasteiger partial charge in [0.1, 0.15) is 5.82 Å². The van der Waals surface area contributed by atoms with E-state index in [-0.39, 0.29) is 0 Å². The topological polar surface area (TPSA) is 103 Å². The van der Waals surface area contributed by atoms with Gasteiger partial charge in [0.05, 0.1) is 22.9 Å².